The zero-order chi connectivity index (χ0) is 26.0. The first-order valence-corrected chi connectivity index (χ1v) is 10.8. The predicted octanol–water partition coefficient (Wildman–Crippen LogP) is 0.0840. The first-order chi connectivity index (χ1) is 16.5. The van der Waals surface area contributed by atoms with E-state index in [0.717, 1.165) is 5.57 Å². The number of methoxy groups -OCH3 is 1. The normalized spacial score (nSPS) is 26.2. The molecule has 12 nitrogen and oxygen atoms in total. The van der Waals surface area contributed by atoms with Gasteiger partial charge in [0.05, 0.1) is 7.11 Å². The second kappa shape index (κ2) is 10.6. The lowest BCUT2D eigenvalue weighted by Crippen LogP contribution is -2.60. The number of carbonyl (C=O) groups excluding carboxylic acids is 2. The molecule has 1 aromatic rings. The van der Waals surface area contributed by atoms with E-state index in [9.17, 15) is 34.8 Å². The summed E-state index contributed by atoms with van der Waals surface area (Å²) in [4.78, 5) is 35.4. The smallest absolute Gasteiger partial charge is 0.342 e. The molecule has 2 aliphatic heterocycles. The summed E-state index contributed by atoms with van der Waals surface area (Å²) in [6.07, 6.45) is -7.23. The molecule has 12 heteroatoms. The summed E-state index contributed by atoms with van der Waals surface area (Å²) in [5.41, 5.74) is 2.51. The van der Waals surface area contributed by atoms with Crippen LogP contribution >= 0.6 is 0 Å². The number of hydrogen-bond donors (Lipinski definition) is 5. The van der Waals surface area contributed by atoms with Gasteiger partial charge in [0.25, 0.3) is 0 Å². The number of esters is 2. The molecule has 5 atom stereocenters. The number of carboxylic acids is 1. The maximum absolute atomic E-state index is 12.2. The van der Waals surface area contributed by atoms with Crippen LogP contribution in [0.15, 0.2) is 11.6 Å². The van der Waals surface area contributed by atoms with Gasteiger partial charge in [-0.3, -0.25) is 4.79 Å². The standard InChI is InChI=1S/C23H28O12/c1-9(4-6-11-15(25)14-12(8-33-22(14)31)10(2)19(11)32-3)5-7-13(24)34-23-18(28)16(26)17(27)20(35-23)21(29)30/h4,16-18,20,23,25-28H,5-8H2,1-3H3,(H,29,30)/t16?,17-,18?,20?,23+/m0/s1. The molecule has 0 aromatic heterocycles. The highest BCUT2D eigenvalue weighted by atomic mass is 16.7. The number of benzene rings is 1. The molecule has 0 saturated carbocycles. The zero-order valence-electron chi connectivity index (χ0n) is 19.4. The number of fused-ring (bicyclic) bond motifs is 1. The average Bonchev–Trinajstić information content (AvgIpc) is 3.21. The fraction of sp³-hybridized carbons (Fsp3) is 0.522. The quantitative estimate of drug-likeness (QED) is 0.241. The van der Waals surface area contributed by atoms with Gasteiger partial charge in [0.2, 0.25) is 6.29 Å². The Bertz CT molecular complexity index is 1050. The predicted molar refractivity (Wildman–Crippen MR) is 116 cm³/mol. The molecule has 0 spiro atoms. The molecule has 1 saturated heterocycles. The number of phenolic OH excluding ortho intramolecular Hbond substituents is 1. The van der Waals surface area contributed by atoms with Gasteiger partial charge in [-0.2, -0.15) is 0 Å². The lowest BCUT2D eigenvalue weighted by Gasteiger charge is -2.37. The molecule has 5 N–H and O–H groups in total. The number of rotatable bonds is 8. The first kappa shape index (κ1) is 26.4. The molecule has 0 bridgehead atoms. The van der Waals surface area contributed by atoms with Crippen molar-refractivity contribution < 1.29 is 58.9 Å². The summed E-state index contributed by atoms with van der Waals surface area (Å²) < 4.78 is 20.3. The molecule has 192 valence electrons. The van der Waals surface area contributed by atoms with E-state index in [1.807, 2.05) is 0 Å². The number of ether oxygens (including phenoxy) is 4. The van der Waals surface area contributed by atoms with Crippen LogP contribution in [-0.2, 0) is 36.8 Å². The molecular formula is C23H28O12. The Hall–Kier alpha value is -3.19. The van der Waals surface area contributed by atoms with Crippen LogP contribution in [0.3, 0.4) is 0 Å². The third kappa shape index (κ3) is 5.25. The van der Waals surface area contributed by atoms with E-state index in [4.69, 9.17) is 24.1 Å². The van der Waals surface area contributed by atoms with Gasteiger partial charge in [-0.15, -0.1) is 0 Å². The van der Waals surface area contributed by atoms with Crippen molar-refractivity contribution in [2.75, 3.05) is 7.11 Å². The van der Waals surface area contributed by atoms with E-state index < -0.39 is 48.6 Å². The van der Waals surface area contributed by atoms with Gasteiger partial charge in [0.1, 0.15) is 42.0 Å². The van der Waals surface area contributed by atoms with E-state index in [-0.39, 0.29) is 37.2 Å². The minimum atomic E-state index is -1.89. The van der Waals surface area contributed by atoms with Gasteiger partial charge in [-0.05, 0) is 32.3 Å². The number of hydrogen-bond acceptors (Lipinski definition) is 11. The Morgan fingerprint density at radius 1 is 1.14 bits per heavy atom. The van der Waals surface area contributed by atoms with Crippen LogP contribution in [0.1, 0.15) is 46.8 Å². The van der Waals surface area contributed by atoms with Gasteiger partial charge >= 0.3 is 17.9 Å². The van der Waals surface area contributed by atoms with Gasteiger partial charge in [-0.1, -0.05) is 11.6 Å². The number of allylic oxidation sites excluding steroid dienone is 2. The van der Waals surface area contributed by atoms with Crippen LogP contribution in [0.2, 0.25) is 0 Å². The molecule has 3 rings (SSSR count). The lowest BCUT2D eigenvalue weighted by molar-refractivity contribution is -0.286. The molecule has 0 amide bonds. The van der Waals surface area contributed by atoms with Crippen molar-refractivity contribution in [3.63, 3.8) is 0 Å². The maximum atomic E-state index is 12.2. The third-order valence-corrected chi connectivity index (χ3v) is 6.09. The Kier molecular flexibility index (Phi) is 8.00. The summed E-state index contributed by atoms with van der Waals surface area (Å²) in [7, 11) is 1.45. The van der Waals surface area contributed by atoms with Crippen molar-refractivity contribution in [2.45, 2.75) is 70.4 Å². The Morgan fingerprint density at radius 2 is 1.83 bits per heavy atom. The van der Waals surface area contributed by atoms with E-state index in [1.54, 1.807) is 19.9 Å². The van der Waals surface area contributed by atoms with Crippen molar-refractivity contribution in [3.8, 4) is 11.5 Å². The van der Waals surface area contributed by atoms with Crippen LogP contribution < -0.4 is 4.74 Å². The third-order valence-electron chi connectivity index (χ3n) is 6.09. The summed E-state index contributed by atoms with van der Waals surface area (Å²) in [6, 6.07) is 0. The maximum Gasteiger partial charge on any atom is 0.342 e. The molecule has 1 aromatic carbocycles. The van der Waals surface area contributed by atoms with Gasteiger partial charge in [0, 0.05) is 17.5 Å². The second-order valence-electron chi connectivity index (χ2n) is 8.39. The Labute approximate surface area is 200 Å². The van der Waals surface area contributed by atoms with Gasteiger partial charge in [0.15, 0.2) is 6.10 Å². The SMILES string of the molecule is COc1c(C)c2c(c(O)c1CC=C(C)CCC(=O)O[C@@H]1OC(C(=O)O)[C@@H](O)C(O)C1O)C(=O)OC2. The molecule has 1 fully saturated rings. The Morgan fingerprint density at radius 3 is 2.46 bits per heavy atom. The van der Waals surface area contributed by atoms with Crippen molar-refractivity contribution in [1.29, 1.82) is 0 Å². The number of aromatic hydroxyl groups is 1. The number of aliphatic hydroxyl groups is 3. The lowest BCUT2D eigenvalue weighted by atomic mass is 9.94. The van der Waals surface area contributed by atoms with Crippen molar-refractivity contribution >= 4 is 17.9 Å². The van der Waals surface area contributed by atoms with E-state index >= 15 is 0 Å². The summed E-state index contributed by atoms with van der Waals surface area (Å²) in [6.45, 7) is 3.56. The monoisotopic (exact) mass is 496 g/mol. The highest BCUT2D eigenvalue weighted by Crippen LogP contribution is 2.42. The van der Waals surface area contributed by atoms with Crippen molar-refractivity contribution in [2.24, 2.45) is 0 Å². The van der Waals surface area contributed by atoms with Gasteiger partial charge < -0.3 is 44.5 Å². The summed E-state index contributed by atoms with van der Waals surface area (Å²) in [5, 5.41) is 49.1. The van der Waals surface area contributed by atoms with E-state index in [1.165, 1.54) is 7.11 Å². The number of phenols is 1. The molecule has 0 radical (unpaired) electrons. The molecule has 3 unspecified atom stereocenters. The first-order valence-electron chi connectivity index (χ1n) is 10.8. The zero-order valence-corrected chi connectivity index (χ0v) is 19.4. The van der Waals surface area contributed by atoms with Crippen molar-refractivity contribution in [1.82, 2.24) is 0 Å². The molecule has 2 heterocycles. The summed E-state index contributed by atoms with van der Waals surface area (Å²) in [5.74, 6) is -2.81. The van der Waals surface area contributed by atoms with Crippen LogP contribution in [0, 0.1) is 6.92 Å². The number of carbonyl (C=O) groups is 3. The Balaban J connectivity index is 1.63. The van der Waals surface area contributed by atoms with Crippen LogP contribution in [0.5, 0.6) is 11.5 Å². The van der Waals surface area contributed by atoms with Crippen molar-refractivity contribution in [3.05, 3.63) is 33.9 Å². The second-order valence-corrected chi connectivity index (χ2v) is 8.39. The topological polar surface area (TPSA) is 189 Å². The summed E-state index contributed by atoms with van der Waals surface area (Å²) >= 11 is 0. The van der Waals surface area contributed by atoms with Crippen LogP contribution in [0.25, 0.3) is 0 Å². The fourth-order valence-electron chi connectivity index (χ4n) is 4.04. The van der Waals surface area contributed by atoms with Crippen LogP contribution in [-0.4, -0.2) is 81.3 Å². The molecular weight excluding hydrogens is 468 g/mol. The minimum absolute atomic E-state index is 0.0593. The fourth-order valence-corrected chi connectivity index (χ4v) is 4.04. The van der Waals surface area contributed by atoms with E-state index in [2.05, 4.69) is 0 Å². The number of aliphatic hydroxyl groups excluding tert-OH is 3. The molecule has 2 aliphatic rings. The molecule has 0 aliphatic carbocycles. The van der Waals surface area contributed by atoms with Crippen LogP contribution in [0.4, 0.5) is 0 Å². The van der Waals surface area contributed by atoms with E-state index in [0.29, 0.717) is 22.4 Å². The molecule has 35 heavy (non-hydrogen) atoms. The largest absolute Gasteiger partial charge is 0.507 e. The highest BCUT2D eigenvalue weighted by molar-refractivity contribution is 5.98. The highest BCUT2D eigenvalue weighted by Gasteiger charge is 2.48. The number of aliphatic carboxylic acids is 1. The minimum Gasteiger partial charge on any atom is -0.507 e. The van der Waals surface area contributed by atoms with Gasteiger partial charge in [-0.25, -0.2) is 9.59 Å². The number of carboxylic acid groups (broad SMARTS) is 1. The average molecular weight is 496 g/mol. The number of cyclic esters (lactones) is 1.